The third-order valence-electron chi connectivity index (χ3n) is 2.83. The predicted octanol–water partition coefficient (Wildman–Crippen LogP) is 2.60. The normalized spacial score (nSPS) is 10.3. The van der Waals surface area contributed by atoms with Gasteiger partial charge in [-0.05, 0) is 40.8 Å². The van der Waals surface area contributed by atoms with E-state index in [-0.39, 0.29) is 24.8 Å². The summed E-state index contributed by atoms with van der Waals surface area (Å²) in [5.41, 5.74) is 0.487. The maximum Gasteiger partial charge on any atom is 0.307 e. The number of rotatable bonds is 7. The number of benzene rings is 1. The van der Waals surface area contributed by atoms with Crippen molar-refractivity contribution in [2.45, 2.75) is 6.42 Å². The Hall–Kier alpha value is -0.860. The van der Waals surface area contributed by atoms with Gasteiger partial charge in [-0.25, -0.2) is 0 Å². The number of hydrogen-bond acceptors (Lipinski definition) is 4. The quantitative estimate of drug-likeness (QED) is 0.498. The van der Waals surface area contributed by atoms with E-state index in [1.807, 2.05) is 0 Å². The van der Waals surface area contributed by atoms with Crippen molar-refractivity contribution < 1.29 is 19.1 Å². The lowest BCUT2D eigenvalue weighted by atomic mass is 10.2. The number of esters is 1. The van der Waals surface area contributed by atoms with Gasteiger partial charge in [0, 0.05) is 29.3 Å². The van der Waals surface area contributed by atoms with E-state index in [1.54, 1.807) is 30.2 Å². The fraction of sp³-hybridized carbons (Fsp3) is 0.429. The summed E-state index contributed by atoms with van der Waals surface area (Å²) in [6.07, 6.45) is 0.143. The van der Waals surface area contributed by atoms with Gasteiger partial charge in [0.1, 0.15) is 0 Å². The van der Waals surface area contributed by atoms with Gasteiger partial charge in [0.15, 0.2) is 0 Å². The lowest BCUT2D eigenvalue weighted by Crippen LogP contribution is -2.35. The van der Waals surface area contributed by atoms with Crippen LogP contribution in [0.4, 0.5) is 0 Å². The molecule has 116 valence electrons. The van der Waals surface area contributed by atoms with Gasteiger partial charge < -0.3 is 14.4 Å². The number of nitrogens with zero attached hydrogens (tertiary/aromatic N) is 1. The molecular formula is C14H17ClINO4. The minimum atomic E-state index is -0.356. The number of ether oxygens (including phenoxy) is 2. The van der Waals surface area contributed by atoms with Crippen molar-refractivity contribution in [2.24, 2.45) is 0 Å². The number of hydrogen-bond donors (Lipinski definition) is 0. The van der Waals surface area contributed by atoms with Crippen molar-refractivity contribution in [2.75, 3.05) is 33.9 Å². The number of carbonyl (C=O) groups is 2. The van der Waals surface area contributed by atoms with E-state index in [0.717, 1.165) is 3.57 Å². The van der Waals surface area contributed by atoms with Gasteiger partial charge in [0.25, 0.3) is 5.91 Å². The van der Waals surface area contributed by atoms with Gasteiger partial charge in [-0.15, -0.1) is 0 Å². The van der Waals surface area contributed by atoms with Crippen LogP contribution in [0.2, 0.25) is 5.02 Å². The van der Waals surface area contributed by atoms with Gasteiger partial charge in [-0.1, -0.05) is 11.6 Å². The molecular weight excluding hydrogens is 409 g/mol. The molecule has 0 bridgehead atoms. The Morgan fingerprint density at radius 2 is 2.00 bits per heavy atom. The van der Waals surface area contributed by atoms with Crippen LogP contribution in [0.1, 0.15) is 16.8 Å². The van der Waals surface area contributed by atoms with Crippen LogP contribution >= 0.6 is 34.2 Å². The lowest BCUT2D eigenvalue weighted by Gasteiger charge is -2.22. The minimum Gasteiger partial charge on any atom is -0.469 e. The van der Waals surface area contributed by atoms with E-state index in [4.69, 9.17) is 16.3 Å². The third kappa shape index (κ3) is 5.80. The zero-order valence-electron chi connectivity index (χ0n) is 11.9. The van der Waals surface area contributed by atoms with E-state index in [9.17, 15) is 9.59 Å². The minimum absolute atomic E-state index is 0.143. The topological polar surface area (TPSA) is 55.8 Å². The van der Waals surface area contributed by atoms with E-state index in [0.29, 0.717) is 23.7 Å². The van der Waals surface area contributed by atoms with Crippen molar-refractivity contribution in [3.63, 3.8) is 0 Å². The van der Waals surface area contributed by atoms with E-state index in [2.05, 4.69) is 27.3 Å². The highest BCUT2D eigenvalue weighted by atomic mass is 127. The van der Waals surface area contributed by atoms with Crippen LogP contribution in [0.5, 0.6) is 0 Å². The largest absolute Gasteiger partial charge is 0.469 e. The molecule has 0 N–H and O–H groups in total. The average Bonchev–Trinajstić information content (AvgIpc) is 2.49. The molecule has 0 heterocycles. The molecule has 0 atom stereocenters. The van der Waals surface area contributed by atoms with Gasteiger partial charge in [0.2, 0.25) is 0 Å². The summed E-state index contributed by atoms with van der Waals surface area (Å²) < 4.78 is 10.5. The molecule has 0 saturated carbocycles. The van der Waals surface area contributed by atoms with Gasteiger partial charge in [0.05, 0.1) is 25.2 Å². The average molecular weight is 426 g/mol. The summed E-state index contributed by atoms with van der Waals surface area (Å²) in [7, 11) is 2.88. The Bertz CT molecular complexity index is 510. The summed E-state index contributed by atoms with van der Waals surface area (Å²) in [4.78, 5) is 25.3. The number of carbonyl (C=O) groups excluding carboxylic acids is 2. The van der Waals surface area contributed by atoms with Gasteiger partial charge in [-0.3, -0.25) is 9.59 Å². The summed E-state index contributed by atoms with van der Waals surface area (Å²) >= 11 is 8.14. The number of halogens is 2. The molecule has 0 fully saturated rings. The second-order valence-electron chi connectivity index (χ2n) is 4.24. The Kier molecular flexibility index (Phi) is 7.98. The van der Waals surface area contributed by atoms with Crippen molar-refractivity contribution in [3.8, 4) is 0 Å². The van der Waals surface area contributed by atoms with Crippen LogP contribution in [0.25, 0.3) is 0 Å². The highest BCUT2D eigenvalue weighted by Crippen LogP contribution is 2.20. The lowest BCUT2D eigenvalue weighted by molar-refractivity contribution is -0.140. The van der Waals surface area contributed by atoms with E-state index >= 15 is 0 Å². The standard InChI is InChI=1S/C14H17ClINO4/c1-20-8-7-17(6-5-13(18)21-2)14(19)10-3-4-12(16)11(15)9-10/h3-4,9H,5-8H2,1-2H3. The summed E-state index contributed by atoms with van der Waals surface area (Å²) in [6.45, 7) is 1.07. The molecule has 0 spiro atoms. The molecule has 0 aliphatic rings. The number of amides is 1. The number of methoxy groups -OCH3 is 2. The highest BCUT2D eigenvalue weighted by molar-refractivity contribution is 14.1. The van der Waals surface area contributed by atoms with E-state index < -0.39 is 0 Å². The summed E-state index contributed by atoms with van der Waals surface area (Å²) in [6, 6.07) is 5.13. The molecule has 0 aliphatic heterocycles. The fourth-order valence-corrected chi connectivity index (χ4v) is 2.17. The first-order chi connectivity index (χ1) is 9.99. The molecule has 1 amide bonds. The predicted molar refractivity (Wildman–Crippen MR) is 88.6 cm³/mol. The van der Waals surface area contributed by atoms with E-state index in [1.165, 1.54) is 7.11 Å². The molecule has 0 saturated heterocycles. The molecule has 0 aliphatic carbocycles. The van der Waals surface area contributed by atoms with Crippen molar-refractivity contribution >= 4 is 46.1 Å². The van der Waals surface area contributed by atoms with Crippen LogP contribution in [0.3, 0.4) is 0 Å². The monoisotopic (exact) mass is 425 g/mol. The van der Waals surface area contributed by atoms with Crippen LogP contribution in [0, 0.1) is 3.57 Å². The highest BCUT2D eigenvalue weighted by Gasteiger charge is 2.17. The van der Waals surface area contributed by atoms with Crippen LogP contribution in [-0.2, 0) is 14.3 Å². The Labute approximate surface area is 142 Å². The zero-order valence-corrected chi connectivity index (χ0v) is 14.8. The molecule has 0 radical (unpaired) electrons. The molecule has 21 heavy (non-hydrogen) atoms. The summed E-state index contributed by atoms with van der Waals surface area (Å²) in [5, 5.41) is 0.529. The smallest absolute Gasteiger partial charge is 0.307 e. The Morgan fingerprint density at radius 1 is 1.29 bits per heavy atom. The molecule has 1 rings (SSSR count). The van der Waals surface area contributed by atoms with Crippen molar-refractivity contribution in [3.05, 3.63) is 32.4 Å². The third-order valence-corrected chi connectivity index (χ3v) is 4.40. The van der Waals surface area contributed by atoms with Crippen molar-refractivity contribution in [1.29, 1.82) is 0 Å². The molecule has 5 nitrogen and oxygen atoms in total. The fourth-order valence-electron chi connectivity index (χ4n) is 1.66. The first-order valence-electron chi connectivity index (χ1n) is 6.29. The van der Waals surface area contributed by atoms with Gasteiger partial charge >= 0.3 is 5.97 Å². The Morgan fingerprint density at radius 3 is 2.57 bits per heavy atom. The first kappa shape index (κ1) is 18.2. The SMILES string of the molecule is COCCN(CCC(=O)OC)C(=O)c1ccc(I)c(Cl)c1. The maximum atomic E-state index is 12.5. The van der Waals surface area contributed by atoms with Crippen LogP contribution < -0.4 is 0 Å². The second kappa shape index (κ2) is 9.22. The van der Waals surface area contributed by atoms with Crippen LogP contribution in [0.15, 0.2) is 18.2 Å². The summed E-state index contributed by atoms with van der Waals surface area (Å²) in [5.74, 6) is -0.542. The van der Waals surface area contributed by atoms with Gasteiger partial charge in [-0.2, -0.15) is 0 Å². The zero-order chi connectivity index (χ0) is 15.8. The molecule has 7 heteroatoms. The Balaban J connectivity index is 2.82. The van der Waals surface area contributed by atoms with Crippen LogP contribution in [-0.4, -0.2) is 50.7 Å². The molecule has 0 unspecified atom stereocenters. The molecule has 1 aromatic carbocycles. The second-order valence-corrected chi connectivity index (χ2v) is 5.81. The molecule has 0 aromatic heterocycles. The van der Waals surface area contributed by atoms with Crippen molar-refractivity contribution in [1.82, 2.24) is 4.90 Å². The maximum absolute atomic E-state index is 12.5. The molecule has 1 aromatic rings. The first-order valence-corrected chi connectivity index (χ1v) is 7.75.